The molecule has 0 bridgehead atoms. The van der Waals surface area contributed by atoms with E-state index >= 15 is 0 Å². The minimum absolute atomic E-state index is 0.524. The molecule has 0 heterocycles. The van der Waals surface area contributed by atoms with Crippen molar-refractivity contribution in [2.45, 2.75) is 46.6 Å². The van der Waals surface area contributed by atoms with Crippen LogP contribution in [0.1, 0.15) is 40.5 Å². The van der Waals surface area contributed by atoms with Crippen LogP contribution in [0.5, 0.6) is 0 Å². The Hall–Kier alpha value is -0.730. The summed E-state index contributed by atoms with van der Waals surface area (Å²) in [4.78, 5) is 4.33. The molecule has 3 unspecified atom stereocenters. The molecule has 15 heavy (non-hydrogen) atoms. The molecule has 0 aromatic carbocycles. The van der Waals surface area contributed by atoms with Crippen molar-refractivity contribution >= 4 is 5.96 Å². The number of nitrogens with two attached hydrogens (primary N) is 1. The second kappa shape index (κ2) is 5.38. The van der Waals surface area contributed by atoms with Crippen molar-refractivity contribution in [2.75, 3.05) is 6.54 Å². The third-order valence-corrected chi connectivity index (χ3v) is 3.43. The summed E-state index contributed by atoms with van der Waals surface area (Å²) in [6.45, 7) is 9.72. The maximum Gasteiger partial charge on any atom is 0.188 e. The second-order valence-electron chi connectivity index (χ2n) is 5.28. The van der Waals surface area contributed by atoms with E-state index in [1.807, 2.05) is 0 Å². The molecule has 1 saturated carbocycles. The van der Waals surface area contributed by atoms with Crippen LogP contribution in [0.3, 0.4) is 0 Å². The highest BCUT2D eigenvalue weighted by molar-refractivity contribution is 5.78. The predicted octanol–water partition coefficient (Wildman–Crippen LogP) is 1.98. The van der Waals surface area contributed by atoms with E-state index in [4.69, 9.17) is 5.73 Å². The average molecular weight is 211 g/mol. The summed E-state index contributed by atoms with van der Waals surface area (Å²) >= 11 is 0. The van der Waals surface area contributed by atoms with Crippen LogP contribution in [-0.4, -0.2) is 18.5 Å². The van der Waals surface area contributed by atoms with Crippen molar-refractivity contribution in [3.8, 4) is 0 Å². The van der Waals surface area contributed by atoms with Gasteiger partial charge in [0.25, 0.3) is 0 Å². The molecule has 1 rings (SSSR count). The number of hydrogen-bond donors (Lipinski definition) is 2. The molecule has 0 amide bonds. The van der Waals surface area contributed by atoms with Gasteiger partial charge in [-0.1, -0.05) is 27.7 Å². The minimum atomic E-state index is 0.524. The summed E-state index contributed by atoms with van der Waals surface area (Å²) in [6.07, 6.45) is 2.52. The summed E-state index contributed by atoms with van der Waals surface area (Å²) < 4.78 is 0. The number of rotatable bonds is 3. The second-order valence-corrected chi connectivity index (χ2v) is 5.28. The molecule has 1 fully saturated rings. The zero-order chi connectivity index (χ0) is 11.4. The molecule has 0 spiro atoms. The van der Waals surface area contributed by atoms with Gasteiger partial charge in [0, 0.05) is 12.6 Å². The molecule has 3 heteroatoms. The zero-order valence-corrected chi connectivity index (χ0v) is 10.5. The molecule has 0 aromatic rings. The highest BCUT2D eigenvalue weighted by Crippen LogP contribution is 2.30. The Morgan fingerprint density at radius 3 is 2.53 bits per heavy atom. The van der Waals surface area contributed by atoms with E-state index in [0.29, 0.717) is 23.8 Å². The van der Waals surface area contributed by atoms with E-state index in [1.54, 1.807) is 0 Å². The van der Waals surface area contributed by atoms with Crippen molar-refractivity contribution in [1.82, 2.24) is 5.32 Å². The van der Waals surface area contributed by atoms with Gasteiger partial charge >= 0.3 is 0 Å². The fourth-order valence-electron chi connectivity index (χ4n) is 2.08. The van der Waals surface area contributed by atoms with Crippen LogP contribution >= 0.6 is 0 Å². The van der Waals surface area contributed by atoms with Crippen LogP contribution in [0.15, 0.2) is 4.99 Å². The van der Waals surface area contributed by atoms with Crippen molar-refractivity contribution in [3.63, 3.8) is 0 Å². The Labute approximate surface area is 93.5 Å². The van der Waals surface area contributed by atoms with Crippen LogP contribution in [0.25, 0.3) is 0 Å². The van der Waals surface area contributed by atoms with E-state index in [2.05, 4.69) is 38.0 Å². The van der Waals surface area contributed by atoms with Gasteiger partial charge in [0.2, 0.25) is 0 Å². The lowest BCUT2D eigenvalue weighted by molar-refractivity contribution is 0.401. The maximum absolute atomic E-state index is 5.85. The molecule has 0 saturated heterocycles. The zero-order valence-electron chi connectivity index (χ0n) is 10.5. The maximum atomic E-state index is 5.85. The smallest absolute Gasteiger partial charge is 0.188 e. The van der Waals surface area contributed by atoms with E-state index in [1.165, 1.54) is 12.8 Å². The first-order valence-corrected chi connectivity index (χ1v) is 6.07. The third-order valence-electron chi connectivity index (χ3n) is 3.43. The first kappa shape index (κ1) is 12.3. The number of aliphatic imine (C=N–C) groups is 1. The number of hydrogen-bond acceptors (Lipinski definition) is 1. The first-order valence-electron chi connectivity index (χ1n) is 6.07. The summed E-state index contributed by atoms with van der Waals surface area (Å²) in [6, 6.07) is 0.524. The fraction of sp³-hybridized carbons (Fsp3) is 0.917. The van der Waals surface area contributed by atoms with Gasteiger partial charge in [0.1, 0.15) is 0 Å². The van der Waals surface area contributed by atoms with Gasteiger partial charge in [0.15, 0.2) is 5.96 Å². The van der Waals surface area contributed by atoms with E-state index in [0.717, 1.165) is 12.5 Å². The monoisotopic (exact) mass is 211 g/mol. The molecule has 0 aliphatic heterocycles. The van der Waals surface area contributed by atoms with Crippen LogP contribution < -0.4 is 11.1 Å². The number of guanidine groups is 1. The van der Waals surface area contributed by atoms with Gasteiger partial charge in [-0.25, -0.2) is 0 Å². The molecule has 1 aliphatic carbocycles. The highest BCUT2D eigenvalue weighted by Gasteiger charge is 2.29. The molecule has 0 radical (unpaired) electrons. The van der Waals surface area contributed by atoms with Crippen molar-refractivity contribution in [1.29, 1.82) is 0 Å². The standard InChI is InChI=1S/C12H25N3/c1-8(2)7-14-12(13)15-11-6-5-9(3)10(11)4/h8-11H,5-7H2,1-4H3,(H3,13,14,15). The van der Waals surface area contributed by atoms with Crippen LogP contribution in [0.4, 0.5) is 0 Å². The Bertz CT molecular complexity index is 223. The van der Waals surface area contributed by atoms with Crippen LogP contribution in [-0.2, 0) is 0 Å². The van der Waals surface area contributed by atoms with Crippen molar-refractivity contribution < 1.29 is 0 Å². The predicted molar refractivity (Wildman–Crippen MR) is 65.8 cm³/mol. The van der Waals surface area contributed by atoms with Gasteiger partial charge in [-0.2, -0.15) is 0 Å². The molecule has 3 N–H and O–H groups in total. The summed E-state index contributed by atoms with van der Waals surface area (Å²) in [7, 11) is 0. The molecule has 0 aromatic heterocycles. The van der Waals surface area contributed by atoms with E-state index in [-0.39, 0.29) is 0 Å². The number of nitrogens with zero attached hydrogens (tertiary/aromatic N) is 1. The van der Waals surface area contributed by atoms with Gasteiger partial charge in [0.05, 0.1) is 0 Å². The Morgan fingerprint density at radius 1 is 1.40 bits per heavy atom. The molecule has 88 valence electrons. The Morgan fingerprint density at radius 2 is 2.07 bits per heavy atom. The van der Waals surface area contributed by atoms with Gasteiger partial charge in [-0.3, -0.25) is 4.99 Å². The molecule has 1 aliphatic rings. The Balaban J connectivity index is 2.38. The molecular weight excluding hydrogens is 186 g/mol. The highest BCUT2D eigenvalue weighted by atomic mass is 15.1. The fourth-order valence-corrected chi connectivity index (χ4v) is 2.08. The number of nitrogens with one attached hydrogen (secondary N) is 1. The van der Waals surface area contributed by atoms with Crippen LogP contribution in [0.2, 0.25) is 0 Å². The summed E-state index contributed by atoms with van der Waals surface area (Å²) in [5.74, 6) is 2.71. The van der Waals surface area contributed by atoms with Crippen molar-refractivity contribution in [2.24, 2.45) is 28.5 Å². The summed E-state index contributed by atoms with van der Waals surface area (Å²) in [5.41, 5.74) is 5.85. The quantitative estimate of drug-likeness (QED) is 0.554. The Kier molecular flexibility index (Phi) is 4.43. The van der Waals surface area contributed by atoms with Crippen molar-refractivity contribution in [3.05, 3.63) is 0 Å². The lowest BCUT2D eigenvalue weighted by Gasteiger charge is -2.20. The van der Waals surface area contributed by atoms with E-state index in [9.17, 15) is 0 Å². The lowest BCUT2D eigenvalue weighted by atomic mass is 9.98. The molecule has 3 atom stereocenters. The molecular formula is C12H25N3. The average Bonchev–Trinajstić information content (AvgIpc) is 2.47. The third kappa shape index (κ3) is 3.73. The van der Waals surface area contributed by atoms with E-state index < -0.39 is 0 Å². The molecule has 3 nitrogen and oxygen atoms in total. The van der Waals surface area contributed by atoms with Gasteiger partial charge in [-0.15, -0.1) is 0 Å². The van der Waals surface area contributed by atoms with Gasteiger partial charge < -0.3 is 11.1 Å². The normalized spacial score (nSPS) is 32.3. The largest absolute Gasteiger partial charge is 0.370 e. The SMILES string of the molecule is CC(C)CN=C(N)NC1CCC(C)C1C. The lowest BCUT2D eigenvalue weighted by Crippen LogP contribution is -2.42. The minimum Gasteiger partial charge on any atom is -0.370 e. The summed E-state index contributed by atoms with van der Waals surface area (Å²) in [5, 5.41) is 3.34. The van der Waals surface area contributed by atoms with Crippen LogP contribution in [0, 0.1) is 17.8 Å². The topological polar surface area (TPSA) is 50.4 Å². The first-order chi connectivity index (χ1) is 7.00. The van der Waals surface area contributed by atoms with Gasteiger partial charge in [-0.05, 0) is 30.6 Å².